The maximum Gasteiger partial charge on any atom is 0.182 e. The summed E-state index contributed by atoms with van der Waals surface area (Å²) in [5, 5.41) is 19.6. The molecule has 2 aromatic heterocycles. The van der Waals surface area contributed by atoms with Gasteiger partial charge in [0.1, 0.15) is 11.7 Å². The van der Waals surface area contributed by atoms with E-state index in [-0.39, 0.29) is 0 Å². The standard InChI is InChI=1S/C20H14Cl2N6/c1-12-24-18(16(10-23)13-6-8-15(21)9-7-13)19-20(25-12)28(27-26-19)11-14-4-2-3-5-17(14)22/h2-9,16H,11H2,1H3/t16-/m0/s1. The Labute approximate surface area is 171 Å². The quantitative estimate of drug-likeness (QED) is 0.494. The third-order valence-electron chi connectivity index (χ3n) is 4.39. The van der Waals surface area contributed by atoms with Crippen molar-refractivity contribution >= 4 is 34.4 Å². The lowest BCUT2D eigenvalue weighted by Crippen LogP contribution is -2.07. The molecule has 0 bridgehead atoms. The lowest BCUT2D eigenvalue weighted by atomic mass is 9.96. The number of halogens is 2. The number of hydrogen-bond acceptors (Lipinski definition) is 5. The number of nitrogens with zero attached hydrogens (tertiary/aromatic N) is 6. The van der Waals surface area contributed by atoms with Crippen molar-refractivity contribution in [2.75, 3.05) is 0 Å². The van der Waals surface area contributed by atoms with Crippen LogP contribution in [-0.4, -0.2) is 25.0 Å². The molecule has 0 aliphatic carbocycles. The van der Waals surface area contributed by atoms with Crippen molar-refractivity contribution in [3.8, 4) is 6.07 Å². The van der Waals surface area contributed by atoms with E-state index in [1.165, 1.54) is 0 Å². The highest BCUT2D eigenvalue weighted by Crippen LogP contribution is 2.28. The first kappa shape index (κ1) is 18.4. The molecular weight excluding hydrogens is 395 g/mol. The summed E-state index contributed by atoms with van der Waals surface area (Å²) in [5.41, 5.74) is 3.28. The zero-order valence-electron chi connectivity index (χ0n) is 14.8. The molecule has 138 valence electrons. The van der Waals surface area contributed by atoms with Crippen LogP contribution >= 0.6 is 23.2 Å². The van der Waals surface area contributed by atoms with E-state index < -0.39 is 5.92 Å². The smallest absolute Gasteiger partial charge is 0.182 e. The first-order chi connectivity index (χ1) is 13.6. The van der Waals surface area contributed by atoms with Gasteiger partial charge in [0.2, 0.25) is 0 Å². The Bertz CT molecular complexity index is 1190. The lowest BCUT2D eigenvalue weighted by molar-refractivity contribution is 0.663. The molecule has 4 aromatic rings. The van der Waals surface area contributed by atoms with Gasteiger partial charge in [0.25, 0.3) is 0 Å². The van der Waals surface area contributed by atoms with Gasteiger partial charge in [-0.1, -0.05) is 58.7 Å². The van der Waals surface area contributed by atoms with Crippen LogP contribution in [0.1, 0.15) is 28.6 Å². The maximum atomic E-state index is 9.82. The van der Waals surface area contributed by atoms with E-state index in [0.717, 1.165) is 11.1 Å². The van der Waals surface area contributed by atoms with Gasteiger partial charge in [0.05, 0.1) is 18.3 Å². The molecule has 0 amide bonds. The summed E-state index contributed by atoms with van der Waals surface area (Å²) >= 11 is 12.2. The molecule has 0 saturated heterocycles. The van der Waals surface area contributed by atoms with Gasteiger partial charge in [0, 0.05) is 10.0 Å². The number of nitriles is 1. The van der Waals surface area contributed by atoms with Gasteiger partial charge in [-0.2, -0.15) is 5.26 Å². The van der Waals surface area contributed by atoms with Crippen molar-refractivity contribution in [1.29, 1.82) is 5.26 Å². The molecule has 4 rings (SSSR count). The highest BCUT2D eigenvalue weighted by Gasteiger charge is 2.23. The predicted molar refractivity (Wildman–Crippen MR) is 107 cm³/mol. The first-order valence-corrected chi connectivity index (χ1v) is 9.28. The van der Waals surface area contributed by atoms with Crippen molar-refractivity contribution < 1.29 is 0 Å². The first-order valence-electron chi connectivity index (χ1n) is 8.53. The summed E-state index contributed by atoms with van der Waals surface area (Å²) in [4.78, 5) is 9.00. The summed E-state index contributed by atoms with van der Waals surface area (Å²) in [6.07, 6.45) is 0. The third kappa shape index (κ3) is 3.42. The van der Waals surface area contributed by atoms with Crippen LogP contribution in [0.2, 0.25) is 10.0 Å². The highest BCUT2D eigenvalue weighted by molar-refractivity contribution is 6.31. The second-order valence-electron chi connectivity index (χ2n) is 6.28. The van der Waals surface area contributed by atoms with Crippen molar-refractivity contribution in [2.24, 2.45) is 0 Å². The molecule has 0 fully saturated rings. The van der Waals surface area contributed by atoms with Crippen LogP contribution in [0, 0.1) is 18.3 Å². The fourth-order valence-electron chi connectivity index (χ4n) is 3.03. The fourth-order valence-corrected chi connectivity index (χ4v) is 3.36. The van der Waals surface area contributed by atoms with E-state index in [2.05, 4.69) is 26.3 Å². The Hall–Kier alpha value is -3.01. The summed E-state index contributed by atoms with van der Waals surface area (Å²) in [6.45, 7) is 2.20. The Morgan fingerprint density at radius 2 is 1.82 bits per heavy atom. The van der Waals surface area contributed by atoms with Gasteiger partial charge >= 0.3 is 0 Å². The zero-order chi connectivity index (χ0) is 19.7. The lowest BCUT2D eigenvalue weighted by Gasteiger charge is -2.11. The highest BCUT2D eigenvalue weighted by atomic mass is 35.5. The minimum Gasteiger partial charge on any atom is -0.234 e. The fraction of sp³-hybridized carbons (Fsp3) is 0.150. The average Bonchev–Trinajstić information content (AvgIpc) is 3.08. The molecule has 0 aliphatic rings. The Balaban J connectivity index is 1.82. The van der Waals surface area contributed by atoms with E-state index in [1.807, 2.05) is 36.4 Å². The zero-order valence-corrected chi connectivity index (χ0v) is 16.4. The normalized spacial score (nSPS) is 12.1. The van der Waals surface area contributed by atoms with Crippen LogP contribution in [0.15, 0.2) is 48.5 Å². The van der Waals surface area contributed by atoms with Gasteiger partial charge < -0.3 is 0 Å². The van der Waals surface area contributed by atoms with Crippen LogP contribution in [0.3, 0.4) is 0 Å². The third-order valence-corrected chi connectivity index (χ3v) is 5.01. The van der Waals surface area contributed by atoms with Gasteiger partial charge in [-0.05, 0) is 36.2 Å². The Morgan fingerprint density at radius 1 is 1.07 bits per heavy atom. The molecule has 0 aliphatic heterocycles. The van der Waals surface area contributed by atoms with Gasteiger partial charge in [-0.25, -0.2) is 14.6 Å². The molecule has 6 nitrogen and oxygen atoms in total. The second kappa shape index (κ2) is 7.55. The van der Waals surface area contributed by atoms with Crippen LogP contribution < -0.4 is 0 Å². The van der Waals surface area contributed by atoms with Gasteiger partial charge in [0.15, 0.2) is 11.2 Å². The monoisotopic (exact) mass is 408 g/mol. The van der Waals surface area contributed by atoms with Gasteiger partial charge in [-0.3, -0.25) is 0 Å². The number of aryl methyl sites for hydroxylation is 1. The van der Waals surface area contributed by atoms with Crippen molar-refractivity contribution in [3.05, 3.63) is 81.2 Å². The van der Waals surface area contributed by atoms with Crippen molar-refractivity contribution in [3.63, 3.8) is 0 Å². The average molecular weight is 409 g/mol. The minimum absolute atomic E-state index is 0.421. The van der Waals surface area contributed by atoms with E-state index in [1.54, 1.807) is 23.7 Å². The van der Waals surface area contributed by atoms with Crippen LogP contribution in [0.25, 0.3) is 11.2 Å². The summed E-state index contributed by atoms with van der Waals surface area (Å²) in [7, 11) is 0. The molecule has 8 heteroatoms. The van der Waals surface area contributed by atoms with Crippen LogP contribution in [-0.2, 0) is 6.54 Å². The Morgan fingerprint density at radius 3 is 2.54 bits per heavy atom. The van der Waals surface area contributed by atoms with Crippen LogP contribution in [0.4, 0.5) is 0 Å². The topological polar surface area (TPSA) is 80.3 Å². The molecular formula is C20H14Cl2N6. The predicted octanol–water partition coefficient (Wildman–Crippen LogP) is 4.54. The Kier molecular flexibility index (Phi) is 4.95. The molecule has 28 heavy (non-hydrogen) atoms. The maximum absolute atomic E-state index is 9.82. The van der Waals surface area contributed by atoms with E-state index in [4.69, 9.17) is 23.2 Å². The molecule has 0 unspecified atom stereocenters. The van der Waals surface area contributed by atoms with E-state index in [9.17, 15) is 5.26 Å². The number of aromatic nitrogens is 5. The number of rotatable bonds is 4. The molecule has 2 heterocycles. The molecule has 0 saturated carbocycles. The number of hydrogen-bond donors (Lipinski definition) is 0. The molecule has 0 spiro atoms. The van der Waals surface area contributed by atoms with Gasteiger partial charge in [-0.15, -0.1) is 5.10 Å². The van der Waals surface area contributed by atoms with Crippen molar-refractivity contribution in [1.82, 2.24) is 25.0 Å². The van der Waals surface area contributed by atoms with Crippen molar-refractivity contribution in [2.45, 2.75) is 19.4 Å². The molecule has 2 aromatic carbocycles. The summed E-state index contributed by atoms with van der Waals surface area (Å²) in [5.74, 6) is -0.0636. The number of fused-ring (bicyclic) bond motifs is 1. The largest absolute Gasteiger partial charge is 0.234 e. The molecule has 0 radical (unpaired) electrons. The molecule has 0 N–H and O–H groups in total. The minimum atomic E-state index is -0.605. The SMILES string of the molecule is Cc1nc([C@@H](C#N)c2ccc(Cl)cc2)c2nnn(Cc3ccccc3Cl)c2n1. The summed E-state index contributed by atoms with van der Waals surface area (Å²) < 4.78 is 1.67. The second-order valence-corrected chi connectivity index (χ2v) is 7.12. The van der Waals surface area contributed by atoms with E-state index in [0.29, 0.717) is 39.3 Å². The summed E-state index contributed by atoms with van der Waals surface area (Å²) in [6, 6.07) is 17.0. The number of benzene rings is 2. The molecule has 1 atom stereocenters. The van der Waals surface area contributed by atoms with Crippen LogP contribution in [0.5, 0.6) is 0 Å². The van der Waals surface area contributed by atoms with E-state index >= 15 is 0 Å².